The van der Waals surface area contributed by atoms with Gasteiger partial charge in [0.05, 0.1) is 12.7 Å². The number of guanidine groups is 1. The van der Waals surface area contributed by atoms with E-state index < -0.39 is 0 Å². The molecular formula is C19H36N4O. The zero-order valence-electron chi connectivity index (χ0n) is 15.4. The molecule has 2 aliphatic heterocycles. The highest BCUT2D eigenvalue weighted by molar-refractivity contribution is 5.79. The Morgan fingerprint density at radius 3 is 2.83 bits per heavy atom. The maximum absolute atomic E-state index is 6.00. The van der Waals surface area contributed by atoms with E-state index in [1.54, 1.807) is 0 Å². The van der Waals surface area contributed by atoms with Gasteiger partial charge in [0.15, 0.2) is 5.96 Å². The van der Waals surface area contributed by atoms with Crippen LogP contribution in [-0.4, -0.2) is 62.8 Å². The average Bonchev–Trinajstić information content (AvgIpc) is 3.10. The number of aliphatic imine (C=N–C) groups is 1. The first kappa shape index (κ1) is 18.0. The SMILES string of the molecule is CN=C(NCCCC1CCCCC1)NCC1CN2CCCC2CO1. The van der Waals surface area contributed by atoms with Gasteiger partial charge in [0.1, 0.15) is 0 Å². The normalized spacial score (nSPS) is 29.5. The minimum absolute atomic E-state index is 0.292. The molecule has 1 aliphatic carbocycles. The van der Waals surface area contributed by atoms with E-state index in [1.807, 2.05) is 7.05 Å². The van der Waals surface area contributed by atoms with Crippen molar-refractivity contribution in [1.82, 2.24) is 15.5 Å². The minimum atomic E-state index is 0.292. The Balaban J connectivity index is 1.27. The third-order valence-corrected chi connectivity index (χ3v) is 5.99. The Morgan fingerprint density at radius 2 is 2.00 bits per heavy atom. The van der Waals surface area contributed by atoms with Crippen LogP contribution in [0, 0.1) is 5.92 Å². The van der Waals surface area contributed by atoms with Gasteiger partial charge in [-0.3, -0.25) is 9.89 Å². The van der Waals surface area contributed by atoms with E-state index in [0.29, 0.717) is 12.1 Å². The van der Waals surface area contributed by atoms with Crippen LogP contribution in [0.2, 0.25) is 0 Å². The lowest BCUT2D eigenvalue weighted by atomic mass is 9.86. The molecule has 0 aromatic carbocycles. The molecule has 2 saturated heterocycles. The summed E-state index contributed by atoms with van der Waals surface area (Å²) in [5.41, 5.74) is 0. The van der Waals surface area contributed by atoms with Crippen molar-refractivity contribution in [2.24, 2.45) is 10.9 Å². The molecule has 2 N–H and O–H groups in total. The number of rotatable bonds is 6. The Kier molecular flexibility index (Phi) is 7.21. The largest absolute Gasteiger partial charge is 0.373 e. The second-order valence-electron chi connectivity index (χ2n) is 7.77. The standard InChI is InChI=1S/C19H36N4O/c1-20-19(21-11-5-9-16-7-3-2-4-8-16)22-13-18-14-23-12-6-10-17(23)15-24-18/h16-18H,2-15H2,1H3,(H2,20,21,22). The van der Waals surface area contributed by atoms with Crippen molar-refractivity contribution >= 4 is 5.96 Å². The van der Waals surface area contributed by atoms with Crippen LogP contribution in [0.1, 0.15) is 57.8 Å². The first-order valence-corrected chi connectivity index (χ1v) is 10.2. The first-order chi connectivity index (χ1) is 11.8. The fraction of sp³-hybridized carbons (Fsp3) is 0.947. The predicted molar refractivity (Wildman–Crippen MR) is 99.5 cm³/mol. The predicted octanol–water partition coefficient (Wildman–Crippen LogP) is 2.38. The van der Waals surface area contributed by atoms with Gasteiger partial charge < -0.3 is 15.4 Å². The highest BCUT2D eigenvalue weighted by Gasteiger charge is 2.32. The number of hydrogen-bond donors (Lipinski definition) is 2. The Hall–Kier alpha value is -0.810. The van der Waals surface area contributed by atoms with E-state index in [2.05, 4.69) is 20.5 Å². The molecule has 0 amide bonds. The third kappa shape index (κ3) is 5.35. The molecule has 24 heavy (non-hydrogen) atoms. The highest BCUT2D eigenvalue weighted by Crippen LogP contribution is 2.27. The van der Waals surface area contributed by atoms with Crippen molar-refractivity contribution in [3.63, 3.8) is 0 Å². The number of ether oxygens (including phenoxy) is 1. The van der Waals surface area contributed by atoms with Crippen molar-refractivity contribution in [2.75, 3.05) is 39.8 Å². The number of hydrogen-bond acceptors (Lipinski definition) is 3. The van der Waals surface area contributed by atoms with Crippen LogP contribution < -0.4 is 10.6 Å². The first-order valence-electron chi connectivity index (χ1n) is 10.2. The topological polar surface area (TPSA) is 48.9 Å². The van der Waals surface area contributed by atoms with Crippen LogP contribution in [0.4, 0.5) is 0 Å². The van der Waals surface area contributed by atoms with Gasteiger partial charge in [-0.05, 0) is 38.1 Å². The molecular weight excluding hydrogens is 300 g/mol. The maximum atomic E-state index is 6.00. The molecule has 3 aliphatic rings. The molecule has 3 rings (SSSR count). The Labute approximate surface area is 147 Å². The summed E-state index contributed by atoms with van der Waals surface area (Å²) in [7, 11) is 1.86. The van der Waals surface area contributed by atoms with Crippen LogP contribution >= 0.6 is 0 Å². The zero-order valence-corrected chi connectivity index (χ0v) is 15.4. The molecule has 0 aromatic rings. The van der Waals surface area contributed by atoms with Crippen molar-refractivity contribution in [3.8, 4) is 0 Å². The summed E-state index contributed by atoms with van der Waals surface area (Å²) < 4.78 is 6.00. The second kappa shape index (κ2) is 9.62. The van der Waals surface area contributed by atoms with Crippen molar-refractivity contribution in [2.45, 2.75) is 69.9 Å². The minimum Gasteiger partial charge on any atom is -0.373 e. The molecule has 0 radical (unpaired) electrons. The lowest BCUT2D eigenvalue weighted by molar-refractivity contribution is -0.0453. The van der Waals surface area contributed by atoms with E-state index in [-0.39, 0.29) is 0 Å². The molecule has 0 bridgehead atoms. The number of fused-ring (bicyclic) bond motifs is 1. The van der Waals surface area contributed by atoms with Crippen LogP contribution in [0.5, 0.6) is 0 Å². The Bertz CT molecular complexity index is 395. The Morgan fingerprint density at radius 1 is 1.12 bits per heavy atom. The molecule has 5 heteroatoms. The van der Waals surface area contributed by atoms with E-state index in [1.165, 1.54) is 64.3 Å². The van der Waals surface area contributed by atoms with Gasteiger partial charge in [0.2, 0.25) is 0 Å². The summed E-state index contributed by atoms with van der Waals surface area (Å²) in [5.74, 6) is 1.89. The second-order valence-corrected chi connectivity index (χ2v) is 7.77. The van der Waals surface area contributed by atoms with E-state index in [0.717, 1.165) is 38.1 Å². The van der Waals surface area contributed by atoms with Gasteiger partial charge in [0.25, 0.3) is 0 Å². The average molecular weight is 337 g/mol. The summed E-state index contributed by atoms with van der Waals surface area (Å²) in [4.78, 5) is 6.94. The molecule has 138 valence electrons. The molecule has 0 spiro atoms. The highest BCUT2D eigenvalue weighted by atomic mass is 16.5. The molecule has 2 atom stereocenters. The summed E-state index contributed by atoms with van der Waals surface area (Å²) in [5, 5.41) is 6.91. The number of morpholine rings is 1. The monoisotopic (exact) mass is 336 g/mol. The van der Waals surface area contributed by atoms with E-state index in [9.17, 15) is 0 Å². The fourth-order valence-electron chi connectivity index (χ4n) is 4.51. The molecule has 2 unspecified atom stereocenters. The van der Waals surface area contributed by atoms with Gasteiger partial charge >= 0.3 is 0 Å². The third-order valence-electron chi connectivity index (χ3n) is 5.99. The molecule has 2 heterocycles. The maximum Gasteiger partial charge on any atom is 0.191 e. The van der Waals surface area contributed by atoms with Crippen LogP contribution in [0.15, 0.2) is 4.99 Å². The lowest BCUT2D eigenvalue weighted by Crippen LogP contribution is -2.51. The molecule has 5 nitrogen and oxygen atoms in total. The lowest BCUT2D eigenvalue weighted by Gasteiger charge is -2.35. The van der Waals surface area contributed by atoms with E-state index in [4.69, 9.17) is 4.74 Å². The molecule has 3 fully saturated rings. The summed E-state index contributed by atoms with van der Waals surface area (Å²) in [6, 6.07) is 0.679. The number of nitrogens with one attached hydrogen (secondary N) is 2. The van der Waals surface area contributed by atoms with Crippen molar-refractivity contribution in [3.05, 3.63) is 0 Å². The van der Waals surface area contributed by atoms with Gasteiger partial charge in [-0.15, -0.1) is 0 Å². The van der Waals surface area contributed by atoms with Gasteiger partial charge in [0, 0.05) is 32.7 Å². The van der Waals surface area contributed by atoms with Crippen molar-refractivity contribution < 1.29 is 4.74 Å². The molecule has 0 aromatic heterocycles. The van der Waals surface area contributed by atoms with Gasteiger partial charge in [-0.1, -0.05) is 32.1 Å². The zero-order chi connectivity index (χ0) is 16.6. The summed E-state index contributed by atoms with van der Waals surface area (Å²) in [6.07, 6.45) is 12.8. The van der Waals surface area contributed by atoms with Crippen LogP contribution in [-0.2, 0) is 4.74 Å². The van der Waals surface area contributed by atoms with Crippen LogP contribution in [0.25, 0.3) is 0 Å². The quantitative estimate of drug-likeness (QED) is 0.444. The van der Waals surface area contributed by atoms with E-state index >= 15 is 0 Å². The summed E-state index contributed by atoms with van der Waals surface area (Å²) >= 11 is 0. The van der Waals surface area contributed by atoms with Crippen molar-refractivity contribution in [1.29, 1.82) is 0 Å². The summed E-state index contributed by atoms with van der Waals surface area (Å²) in [6.45, 7) is 5.09. The van der Waals surface area contributed by atoms with Gasteiger partial charge in [-0.2, -0.15) is 0 Å². The molecule has 1 saturated carbocycles. The number of nitrogens with zero attached hydrogens (tertiary/aromatic N) is 2. The smallest absolute Gasteiger partial charge is 0.191 e. The van der Waals surface area contributed by atoms with Gasteiger partial charge in [-0.25, -0.2) is 0 Å². The van der Waals surface area contributed by atoms with Crippen LogP contribution in [0.3, 0.4) is 0 Å². The fourth-order valence-corrected chi connectivity index (χ4v) is 4.51.